The molecule has 1 saturated heterocycles. The van der Waals surface area contributed by atoms with E-state index < -0.39 is 0 Å². The molecule has 0 radical (unpaired) electrons. The smallest absolute Gasteiger partial charge is 0.137 e. The molecule has 1 aliphatic rings. The number of pyridine rings is 1. The zero-order valence-electron chi connectivity index (χ0n) is 9.61. The first-order chi connectivity index (χ1) is 7.86. The fourth-order valence-corrected chi connectivity index (χ4v) is 2.57. The number of likely N-dealkylation sites (N-methyl/N-ethyl adjacent to an activating group) is 1. The summed E-state index contributed by atoms with van der Waals surface area (Å²) in [5.74, 6) is 0.661. The monoisotopic (exact) mass is 215 g/mol. The number of aromatic amines is 1. The van der Waals surface area contributed by atoms with Crippen LogP contribution in [0.5, 0.6) is 0 Å². The van der Waals surface area contributed by atoms with Gasteiger partial charge in [0, 0.05) is 29.7 Å². The van der Waals surface area contributed by atoms with Gasteiger partial charge in [0.15, 0.2) is 0 Å². The Morgan fingerprint density at radius 2 is 2.50 bits per heavy atom. The van der Waals surface area contributed by atoms with E-state index in [4.69, 9.17) is 0 Å². The highest BCUT2D eigenvalue weighted by atomic mass is 15.1. The summed E-state index contributed by atoms with van der Waals surface area (Å²) in [6.45, 7) is 5.80. The van der Waals surface area contributed by atoms with Crippen LogP contribution in [-0.2, 0) is 0 Å². The first kappa shape index (κ1) is 9.85. The van der Waals surface area contributed by atoms with E-state index >= 15 is 0 Å². The van der Waals surface area contributed by atoms with Gasteiger partial charge in [0.25, 0.3) is 0 Å². The number of hydrogen-bond donors (Lipinski definition) is 1. The fraction of sp³-hybridized carbons (Fsp3) is 0.462. The van der Waals surface area contributed by atoms with Gasteiger partial charge in [0.05, 0.1) is 0 Å². The van der Waals surface area contributed by atoms with Crippen LogP contribution in [-0.4, -0.2) is 34.5 Å². The van der Waals surface area contributed by atoms with Gasteiger partial charge in [0.2, 0.25) is 0 Å². The predicted molar refractivity (Wildman–Crippen MR) is 65.6 cm³/mol. The number of likely N-dealkylation sites (tertiary alicyclic amines) is 1. The van der Waals surface area contributed by atoms with Crippen LogP contribution in [0.4, 0.5) is 0 Å². The summed E-state index contributed by atoms with van der Waals surface area (Å²) in [6.07, 6.45) is 3.11. The molecule has 0 unspecified atom stereocenters. The molecular weight excluding hydrogens is 198 g/mol. The molecule has 1 aliphatic heterocycles. The van der Waals surface area contributed by atoms with Gasteiger partial charge in [-0.1, -0.05) is 6.92 Å². The van der Waals surface area contributed by atoms with E-state index in [1.54, 1.807) is 0 Å². The van der Waals surface area contributed by atoms with Crippen molar-refractivity contribution in [2.75, 3.05) is 19.6 Å². The minimum atomic E-state index is 0.661. The van der Waals surface area contributed by atoms with E-state index in [1.807, 2.05) is 12.3 Å². The lowest BCUT2D eigenvalue weighted by Gasteiger charge is -2.11. The van der Waals surface area contributed by atoms with E-state index in [1.165, 1.54) is 30.6 Å². The molecule has 0 saturated carbocycles. The molecule has 16 heavy (non-hydrogen) atoms. The van der Waals surface area contributed by atoms with Crippen molar-refractivity contribution in [1.82, 2.24) is 14.9 Å². The second-order valence-corrected chi connectivity index (χ2v) is 4.54. The molecule has 1 atom stereocenters. The third-order valence-electron chi connectivity index (χ3n) is 3.57. The van der Waals surface area contributed by atoms with Crippen molar-refractivity contribution < 1.29 is 0 Å². The van der Waals surface area contributed by atoms with Gasteiger partial charge in [-0.05, 0) is 37.7 Å². The zero-order chi connectivity index (χ0) is 11.0. The van der Waals surface area contributed by atoms with Crippen LogP contribution in [0.25, 0.3) is 11.0 Å². The Morgan fingerprint density at radius 3 is 3.25 bits per heavy atom. The molecule has 0 amide bonds. The van der Waals surface area contributed by atoms with E-state index in [-0.39, 0.29) is 0 Å². The third-order valence-corrected chi connectivity index (χ3v) is 3.57. The first-order valence-corrected chi connectivity index (χ1v) is 6.03. The highest BCUT2D eigenvalue weighted by Gasteiger charge is 2.23. The summed E-state index contributed by atoms with van der Waals surface area (Å²) in [7, 11) is 0. The van der Waals surface area contributed by atoms with Crippen LogP contribution in [0.3, 0.4) is 0 Å². The average Bonchev–Trinajstić information content (AvgIpc) is 2.95. The maximum atomic E-state index is 4.34. The van der Waals surface area contributed by atoms with Crippen LogP contribution < -0.4 is 0 Å². The van der Waals surface area contributed by atoms with Gasteiger partial charge in [-0.3, -0.25) is 0 Å². The Labute approximate surface area is 95.5 Å². The number of hydrogen-bond acceptors (Lipinski definition) is 2. The van der Waals surface area contributed by atoms with Gasteiger partial charge in [-0.15, -0.1) is 0 Å². The minimum Gasteiger partial charge on any atom is -0.343 e. The van der Waals surface area contributed by atoms with Gasteiger partial charge in [0.1, 0.15) is 5.65 Å². The van der Waals surface area contributed by atoms with E-state index in [0.29, 0.717) is 5.92 Å². The molecule has 3 heterocycles. The van der Waals surface area contributed by atoms with Crippen molar-refractivity contribution in [2.45, 2.75) is 19.3 Å². The topological polar surface area (TPSA) is 31.9 Å². The normalized spacial score (nSPS) is 21.9. The predicted octanol–water partition coefficient (Wildman–Crippen LogP) is 2.37. The molecule has 3 nitrogen and oxygen atoms in total. The second kappa shape index (κ2) is 3.91. The van der Waals surface area contributed by atoms with Gasteiger partial charge in [-0.25, -0.2) is 4.98 Å². The van der Waals surface area contributed by atoms with E-state index in [9.17, 15) is 0 Å². The summed E-state index contributed by atoms with van der Waals surface area (Å²) < 4.78 is 0. The van der Waals surface area contributed by atoms with Gasteiger partial charge in [-0.2, -0.15) is 0 Å². The Kier molecular flexibility index (Phi) is 2.40. The summed E-state index contributed by atoms with van der Waals surface area (Å²) in [5.41, 5.74) is 2.37. The molecule has 3 heteroatoms. The van der Waals surface area contributed by atoms with Crippen molar-refractivity contribution >= 4 is 11.0 Å². The number of nitrogens with zero attached hydrogens (tertiary/aromatic N) is 2. The van der Waals surface area contributed by atoms with Crippen LogP contribution in [0, 0.1) is 0 Å². The Hall–Kier alpha value is -1.35. The average molecular weight is 215 g/mol. The number of H-pyrrole nitrogens is 1. The van der Waals surface area contributed by atoms with Crippen LogP contribution in [0.1, 0.15) is 25.0 Å². The molecule has 1 fully saturated rings. The Balaban J connectivity index is 1.89. The SMILES string of the molecule is CCN1CC[C@@H](c2cc3cccnc3[nH]2)C1. The number of rotatable bonds is 2. The lowest BCUT2D eigenvalue weighted by molar-refractivity contribution is 0.353. The quantitative estimate of drug-likeness (QED) is 0.834. The maximum absolute atomic E-state index is 4.34. The van der Waals surface area contributed by atoms with Crippen molar-refractivity contribution in [2.24, 2.45) is 0 Å². The molecule has 0 bridgehead atoms. The van der Waals surface area contributed by atoms with Crippen molar-refractivity contribution in [1.29, 1.82) is 0 Å². The highest BCUT2D eigenvalue weighted by molar-refractivity contribution is 5.76. The number of aromatic nitrogens is 2. The summed E-state index contributed by atoms with van der Waals surface area (Å²) in [4.78, 5) is 10.3. The van der Waals surface area contributed by atoms with Gasteiger partial charge >= 0.3 is 0 Å². The summed E-state index contributed by atoms with van der Waals surface area (Å²) >= 11 is 0. The van der Waals surface area contributed by atoms with Crippen LogP contribution >= 0.6 is 0 Å². The van der Waals surface area contributed by atoms with E-state index in [0.717, 1.165) is 12.2 Å². The lowest BCUT2D eigenvalue weighted by Crippen LogP contribution is -2.19. The Bertz CT molecular complexity index is 456. The van der Waals surface area contributed by atoms with Gasteiger partial charge < -0.3 is 9.88 Å². The zero-order valence-corrected chi connectivity index (χ0v) is 9.61. The number of nitrogens with one attached hydrogen (secondary N) is 1. The molecule has 0 spiro atoms. The van der Waals surface area contributed by atoms with Crippen molar-refractivity contribution in [3.8, 4) is 0 Å². The van der Waals surface area contributed by atoms with E-state index in [2.05, 4.69) is 33.9 Å². The second-order valence-electron chi connectivity index (χ2n) is 4.54. The molecular formula is C13H17N3. The molecule has 2 aromatic rings. The molecule has 0 aromatic carbocycles. The standard InChI is InChI=1S/C13H17N3/c1-2-16-7-5-11(9-16)12-8-10-4-3-6-14-13(10)15-12/h3-4,6,8,11H,2,5,7,9H2,1H3,(H,14,15)/t11-/m1/s1. The molecule has 2 aromatic heterocycles. The third kappa shape index (κ3) is 1.61. The molecule has 1 N–H and O–H groups in total. The lowest BCUT2D eigenvalue weighted by atomic mass is 10.1. The van der Waals surface area contributed by atoms with Crippen LogP contribution in [0.15, 0.2) is 24.4 Å². The van der Waals surface area contributed by atoms with Crippen molar-refractivity contribution in [3.63, 3.8) is 0 Å². The molecule has 3 rings (SSSR count). The largest absolute Gasteiger partial charge is 0.343 e. The van der Waals surface area contributed by atoms with Crippen LogP contribution in [0.2, 0.25) is 0 Å². The maximum Gasteiger partial charge on any atom is 0.137 e. The fourth-order valence-electron chi connectivity index (χ4n) is 2.57. The summed E-state index contributed by atoms with van der Waals surface area (Å²) in [6, 6.07) is 6.37. The molecule has 84 valence electrons. The minimum absolute atomic E-state index is 0.661. The first-order valence-electron chi connectivity index (χ1n) is 6.03. The number of fused-ring (bicyclic) bond motifs is 1. The molecule has 0 aliphatic carbocycles. The summed E-state index contributed by atoms with van der Waals surface area (Å²) in [5, 5.41) is 1.23. The Morgan fingerprint density at radius 1 is 1.56 bits per heavy atom. The highest BCUT2D eigenvalue weighted by Crippen LogP contribution is 2.28. The van der Waals surface area contributed by atoms with Crippen molar-refractivity contribution in [3.05, 3.63) is 30.1 Å².